The summed E-state index contributed by atoms with van der Waals surface area (Å²) in [6, 6.07) is 7.89. The number of ether oxygens (including phenoxy) is 3. The van der Waals surface area contributed by atoms with Crippen molar-refractivity contribution in [1.82, 2.24) is 14.9 Å². The van der Waals surface area contributed by atoms with E-state index in [1.165, 1.54) is 13.2 Å². The molecular formula is C36H39ClF4N4O3. The van der Waals surface area contributed by atoms with Gasteiger partial charge in [0.15, 0.2) is 12.6 Å². The molecule has 3 aliphatic heterocycles. The van der Waals surface area contributed by atoms with Gasteiger partial charge >= 0.3 is 6.01 Å². The van der Waals surface area contributed by atoms with Crippen LogP contribution < -0.4 is 14.4 Å². The molecule has 0 amide bonds. The minimum absolute atomic E-state index is 0.0174. The average Bonchev–Trinajstić information content (AvgIpc) is 3.50. The van der Waals surface area contributed by atoms with Crippen LogP contribution in [-0.4, -0.2) is 79.4 Å². The average molecular weight is 687 g/mol. The number of hydrogen-bond donors (Lipinski definition) is 0. The van der Waals surface area contributed by atoms with Crippen LogP contribution in [-0.2, 0) is 11.2 Å². The molecule has 1 unspecified atom stereocenters. The van der Waals surface area contributed by atoms with E-state index in [1.807, 2.05) is 6.92 Å². The second-order valence-corrected chi connectivity index (χ2v) is 13.6. The van der Waals surface area contributed by atoms with Gasteiger partial charge in [0.1, 0.15) is 41.9 Å². The van der Waals surface area contributed by atoms with Gasteiger partial charge in [-0.05, 0) is 91.2 Å². The highest BCUT2D eigenvalue weighted by Gasteiger charge is 2.49. The molecule has 7 rings (SSSR count). The summed E-state index contributed by atoms with van der Waals surface area (Å²) in [5.41, 5.74) is 0.224. The van der Waals surface area contributed by atoms with Crippen molar-refractivity contribution in [2.75, 3.05) is 51.6 Å². The number of benzene rings is 3. The highest BCUT2D eigenvalue weighted by molar-refractivity contribution is 6.35. The Morgan fingerprint density at radius 3 is 2.67 bits per heavy atom. The molecule has 0 spiro atoms. The van der Waals surface area contributed by atoms with Crippen LogP contribution in [0.15, 0.2) is 30.3 Å². The third-order valence-electron chi connectivity index (χ3n) is 10.1. The highest BCUT2D eigenvalue weighted by atomic mass is 35.5. The number of nitrogens with zero attached hydrogens (tertiary/aromatic N) is 4. The normalized spacial score (nSPS) is 23.2. The SMILES string of the molecule is CCc1c(F)ccc2cc(OCOC)cc(-c3c(Cl)cc4c(N5CCCCC(F)C5)nc(OC[C@@]56CCCN5C[C@H](F)C6)nc4c3F)c12. The molecule has 1 aromatic heterocycles. The van der Waals surface area contributed by atoms with Crippen molar-refractivity contribution >= 4 is 39.1 Å². The fraction of sp³-hybridized carbons (Fsp3) is 0.500. The van der Waals surface area contributed by atoms with Crippen LogP contribution in [0.4, 0.5) is 23.4 Å². The smallest absolute Gasteiger partial charge is 0.319 e. The lowest BCUT2D eigenvalue weighted by molar-refractivity contribution is 0.0512. The third-order valence-corrected chi connectivity index (χ3v) is 10.4. The molecule has 0 radical (unpaired) electrons. The second-order valence-electron chi connectivity index (χ2n) is 13.2. The monoisotopic (exact) mass is 686 g/mol. The molecule has 12 heteroatoms. The van der Waals surface area contributed by atoms with E-state index in [2.05, 4.69) is 9.88 Å². The quantitative estimate of drug-likeness (QED) is 0.130. The summed E-state index contributed by atoms with van der Waals surface area (Å²) in [5.74, 6) is -0.457. The Morgan fingerprint density at radius 1 is 1.00 bits per heavy atom. The van der Waals surface area contributed by atoms with Gasteiger partial charge in [0, 0.05) is 37.6 Å². The summed E-state index contributed by atoms with van der Waals surface area (Å²) >= 11 is 6.95. The van der Waals surface area contributed by atoms with Gasteiger partial charge in [0.25, 0.3) is 0 Å². The Labute approximate surface area is 282 Å². The van der Waals surface area contributed by atoms with Crippen molar-refractivity contribution in [2.45, 2.75) is 69.8 Å². The number of alkyl halides is 2. The van der Waals surface area contributed by atoms with Crippen molar-refractivity contribution in [3.05, 3.63) is 52.6 Å². The summed E-state index contributed by atoms with van der Waals surface area (Å²) in [4.78, 5) is 13.2. The van der Waals surface area contributed by atoms with Crippen LogP contribution in [0.1, 0.15) is 51.0 Å². The zero-order chi connectivity index (χ0) is 33.6. The Bertz CT molecular complexity index is 1850. The number of hydrogen-bond acceptors (Lipinski definition) is 7. The zero-order valence-electron chi connectivity index (χ0n) is 27.1. The van der Waals surface area contributed by atoms with Crippen LogP contribution in [0, 0.1) is 11.6 Å². The Kier molecular flexibility index (Phi) is 9.30. The molecule has 4 heterocycles. The lowest BCUT2D eigenvalue weighted by atomic mass is 9.92. The van der Waals surface area contributed by atoms with Gasteiger partial charge in [-0.3, -0.25) is 4.90 Å². The van der Waals surface area contributed by atoms with Crippen LogP contribution >= 0.6 is 11.6 Å². The van der Waals surface area contributed by atoms with Gasteiger partial charge in [-0.2, -0.15) is 9.97 Å². The first-order chi connectivity index (χ1) is 23.2. The summed E-state index contributed by atoms with van der Waals surface area (Å²) in [6.07, 6.45) is 2.26. The Balaban J connectivity index is 1.41. The number of fused-ring (bicyclic) bond motifs is 3. The van der Waals surface area contributed by atoms with E-state index in [9.17, 15) is 8.78 Å². The van der Waals surface area contributed by atoms with Gasteiger partial charge in [0.05, 0.1) is 17.1 Å². The van der Waals surface area contributed by atoms with E-state index in [1.54, 1.807) is 29.2 Å². The fourth-order valence-electron chi connectivity index (χ4n) is 7.88. The highest BCUT2D eigenvalue weighted by Crippen LogP contribution is 2.45. The lowest BCUT2D eigenvalue weighted by Gasteiger charge is -2.31. The van der Waals surface area contributed by atoms with Gasteiger partial charge < -0.3 is 19.1 Å². The van der Waals surface area contributed by atoms with Crippen molar-refractivity contribution in [2.24, 2.45) is 0 Å². The summed E-state index contributed by atoms with van der Waals surface area (Å²) in [5, 5.41) is 1.51. The zero-order valence-corrected chi connectivity index (χ0v) is 27.9. The molecule has 4 aromatic rings. The number of rotatable bonds is 9. The van der Waals surface area contributed by atoms with Crippen LogP contribution in [0.2, 0.25) is 5.02 Å². The van der Waals surface area contributed by atoms with Gasteiger partial charge in [0.2, 0.25) is 0 Å². The van der Waals surface area contributed by atoms with E-state index >= 15 is 8.78 Å². The van der Waals surface area contributed by atoms with E-state index in [0.717, 1.165) is 32.2 Å². The maximum atomic E-state index is 17.2. The Hall–Kier alpha value is -3.41. The minimum atomic E-state index is -1.09. The van der Waals surface area contributed by atoms with Gasteiger partial charge in [-0.1, -0.05) is 24.6 Å². The molecule has 0 saturated carbocycles. The molecule has 3 atom stereocenters. The number of anilines is 1. The molecule has 3 fully saturated rings. The second kappa shape index (κ2) is 13.5. The maximum Gasteiger partial charge on any atom is 0.319 e. The van der Waals surface area contributed by atoms with Crippen LogP contribution in [0.3, 0.4) is 0 Å². The topological polar surface area (TPSA) is 60.0 Å². The first-order valence-corrected chi connectivity index (χ1v) is 17.1. The predicted molar refractivity (Wildman–Crippen MR) is 179 cm³/mol. The molecular weight excluding hydrogens is 648 g/mol. The minimum Gasteiger partial charge on any atom is -0.468 e. The van der Waals surface area contributed by atoms with Crippen molar-refractivity contribution < 1.29 is 31.8 Å². The standard InChI is InChI=1S/C36H39ClF4N4O3/c1-3-25-29(40)9-8-21-13-24(48-20-46-2)14-26(30(21)25)31-28(37)15-27-33(32(31)41)42-35(43-34(27)44-11-5-4-7-22(38)17-44)47-19-36-10-6-12-45(36)18-23(39)16-36/h8-9,13-15,22-23H,3-7,10-12,16-20H2,1-2H3/t22?,23-,36+/m1/s1. The molecule has 0 N–H and O–H groups in total. The van der Waals surface area contributed by atoms with Crippen LogP contribution in [0.25, 0.3) is 32.8 Å². The molecule has 3 saturated heterocycles. The molecule has 48 heavy (non-hydrogen) atoms. The number of halogens is 5. The van der Waals surface area contributed by atoms with E-state index < -0.39 is 29.5 Å². The predicted octanol–water partition coefficient (Wildman–Crippen LogP) is 8.21. The third kappa shape index (κ3) is 6.02. The summed E-state index contributed by atoms with van der Waals surface area (Å²) in [7, 11) is 1.49. The number of methoxy groups -OCH3 is 1. The van der Waals surface area contributed by atoms with Crippen molar-refractivity contribution in [1.29, 1.82) is 0 Å². The Morgan fingerprint density at radius 2 is 1.85 bits per heavy atom. The van der Waals surface area contributed by atoms with Gasteiger partial charge in [-0.25, -0.2) is 17.6 Å². The molecule has 3 aromatic carbocycles. The number of aryl methyl sites for hydroxylation is 1. The maximum absolute atomic E-state index is 17.2. The van der Waals surface area contributed by atoms with Crippen molar-refractivity contribution in [3.8, 4) is 22.9 Å². The molecule has 0 aliphatic carbocycles. The van der Waals surface area contributed by atoms with E-state index in [0.29, 0.717) is 71.2 Å². The van der Waals surface area contributed by atoms with E-state index in [4.69, 9.17) is 30.8 Å². The summed E-state index contributed by atoms with van der Waals surface area (Å²) in [6.45, 7) is 3.67. The molecule has 7 nitrogen and oxygen atoms in total. The molecule has 3 aliphatic rings. The molecule has 0 bridgehead atoms. The number of aromatic nitrogens is 2. The molecule has 256 valence electrons. The summed E-state index contributed by atoms with van der Waals surface area (Å²) < 4.78 is 78.9. The van der Waals surface area contributed by atoms with Crippen molar-refractivity contribution in [3.63, 3.8) is 0 Å². The largest absolute Gasteiger partial charge is 0.468 e. The first-order valence-electron chi connectivity index (χ1n) is 16.7. The fourth-order valence-corrected chi connectivity index (χ4v) is 8.18. The van der Waals surface area contributed by atoms with Crippen LogP contribution in [0.5, 0.6) is 11.8 Å². The van der Waals surface area contributed by atoms with E-state index in [-0.39, 0.29) is 42.1 Å². The lowest BCUT2D eigenvalue weighted by Crippen LogP contribution is -2.43. The van der Waals surface area contributed by atoms with Gasteiger partial charge in [-0.15, -0.1) is 0 Å². The first kappa shape index (κ1) is 33.1.